The minimum absolute atomic E-state index is 0.0816. The van der Waals surface area contributed by atoms with E-state index in [1.54, 1.807) is 32.0 Å². The summed E-state index contributed by atoms with van der Waals surface area (Å²) in [5.41, 5.74) is 0.902. The molecule has 0 bridgehead atoms. The van der Waals surface area contributed by atoms with Gasteiger partial charge in [-0.1, -0.05) is 17.7 Å². The number of rotatable bonds is 4. The fourth-order valence-electron chi connectivity index (χ4n) is 1.89. The number of nitro groups is 1. The number of hydrogen-bond acceptors (Lipinski definition) is 4. The number of benzene rings is 1. The van der Waals surface area contributed by atoms with Crippen LogP contribution in [0.15, 0.2) is 24.4 Å². The van der Waals surface area contributed by atoms with E-state index in [1.165, 1.54) is 4.68 Å². The monoisotopic (exact) mass is 308 g/mol. The van der Waals surface area contributed by atoms with E-state index in [9.17, 15) is 14.9 Å². The number of hydrogen-bond donors (Lipinski definition) is 1. The van der Waals surface area contributed by atoms with Gasteiger partial charge in [-0.15, -0.1) is 0 Å². The summed E-state index contributed by atoms with van der Waals surface area (Å²) in [7, 11) is 0. The van der Waals surface area contributed by atoms with E-state index in [0.717, 1.165) is 11.8 Å². The molecule has 21 heavy (non-hydrogen) atoms. The molecule has 1 heterocycles. The highest BCUT2D eigenvalue weighted by atomic mass is 35.5. The summed E-state index contributed by atoms with van der Waals surface area (Å²) in [6.45, 7) is 3.90. The van der Waals surface area contributed by atoms with Gasteiger partial charge >= 0.3 is 5.69 Å². The molecule has 0 atom stereocenters. The van der Waals surface area contributed by atoms with Gasteiger partial charge in [-0.3, -0.25) is 19.6 Å². The molecule has 1 aromatic heterocycles. The van der Waals surface area contributed by atoms with Gasteiger partial charge in [0.15, 0.2) is 0 Å². The van der Waals surface area contributed by atoms with E-state index in [1.807, 2.05) is 0 Å². The van der Waals surface area contributed by atoms with Crippen LogP contribution < -0.4 is 5.32 Å². The molecule has 0 aliphatic carbocycles. The first-order valence-electron chi connectivity index (χ1n) is 6.21. The predicted octanol–water partition coefficient (Wildman–Crippen LogP) is 3.03. The Morgan fingerprint density at radius 3 is 2.86 bits per heavy atom. The van der Waals surface area contributed by atoms with Crippen LogP contribution in [0.1, 0.15) is 23.0 Å². The van der Waals surface area contributed by atoms with Gasteiger partial charge in [0.1, 0.15) is 6.20 Å². The van der Waals surface area contributed by atoms with Crippen molar-refractivity contribution in [1.29, 1.82) is 0 Å². The first-order chi connectivity index (χ1) is 9.93. The van der Waals surface area contributed by atoms with Crippen LogP contribution in [-0.2, 0) is 6.54 Å². The fraction of sp³-hybridized carbons (Fsp3) is 0.231. The molecule has 1 N–H and O–H groups in total. The number of nitrogens with zero attached hydrogens (tertiary/aromatic N) is 3. The van der Waals surface area contributed by atoms with Gasteiger partial charge in [-0.25, -0.2) is 0 Å². The Hall–Kier alpha value is -2.41. The normalized spacial score (nSPS) is 10.4. The van der Waals surface area contributed by atoms with Crippen molar-refractivity contribution in [3.8, 4) is 0 Å². The molecule has 1 amide bonds. The van der Waals surface area contributed by atoms with E-state index < -0.39 is 10.8 Å². The van der Waals surface area contributed by atoms with E-state index in [4.69, 9.17) is 11.6 Å². The lowest BCUT2D eigenvalue weighted by Gasteiger charge is -2.09. The zero-order valence-corrected chi connectivity index (χ0v) is 12.2. The maximum Gasteiger partial charge on any atom is 0.320 e. The average Bonchev–Trinajstić information content (AvgIpc) is 2.87. The van der Waals surface area contributed by atoms with Crippen molar-refractivity contribution in [3.05, 3.63) is 50.8 Å². The summed E-state index contributed by atoms with van der Waals surface area (Å²) in [4.78, 5) is 22.7. The van der Waals surface area contributed by atoms with Crippen molar-refractivity contribution in [1.82, 2.24) is 9.78 Å². The quantitative estimate of drug-likeness (QED) is 0.694. The van der Waals surface area contributed by atoms with Crippen molar-refractivity contribution >= 4 is 28.9 Å². The van der Waals surface area contributed by atoms with Crippen LogP contribution in [0, 0.1) is 17.0 Å². The second-order valence-corrected chi connectivity index (χ2v) is 4.80. The highest BCUT2D eigenvalue weighted by molar-refractivity contribution is 6.31. The SMILES string of the molecule is CCn1ncc([N+](=O)[O-])c1C(=O)Nc1cc(Cl)ccc1C. The third kappa shape index (κ3) is 3.03. The molecule has 0 unspecified atom stereocenters. The Balaban J connectivity index is 2.38. The second kappa shape index (κ2) is 5.92. The Bertz CT molecular complexity index is 711. The predicted molar refractivity (Wildman–Crippen MR) is 78.7 cm³/mol. The summed E-state index contributed by atoms with van der Waals surface area (Å²) in [5, 5.41) is 17.9. The lowest BCUT2D eigenvalue weighted by Crippen LogP contribution is -2.19. The third-order valence-electron chi connectivity index (χ3n) is 2.98. The van der Waals surface area contributed by atoms with Crippen molar-refractivity contribution in [2.75, 3.05) is 5.32 Å². The second-order valence-electron chi connectivity index (χ2n) is 4.36. The molecule has 7 nitrogen and oxygen atoms in total. The van der Waals surface area contributed by atoms with E-state index >= 15 is 0 Å². The molecule has 2 rings (SSSR count). The lowest BCUT2D eigenvalue weighted by molar-refractivity contribution is -0.385. The molecule has 2 aromatic rings. The van der Waals surface area contributed by atoms with E-state index in [-0.39, 0.29) is 11.4 Å². The van der Waals surface area contributed by atoms with Crippen LogP contribution >= 0.6 is 11.6 Å². The van der Waals surface area contributed by atoms with Crippen LogP contribution in [0.25, 0.3) is 0 Å². The summed E-state index contributed by atoms with van der Waals surface area (Å²) in [6.07, 6.45) is 1.07. The van der Waals surface area contributed by atoms with Gasteiger partial charge in [0.2, 0.25) is 5.69 Å². The Morgan fingerprint density at radius 2 is 2.24 bits per heavy atom. The molecule has 0 spiro atoms. The van der Waals surface area contributed by atoms with Crippen LogP contribution in [-0.4, -0.2) is 20.6 Å². The molecular formula is C13H13ClN4O3. The van der Waals surface area contributed by atoms with Crippen LogP contribution in [0.3, 0.4) is 0 Å². The lowest BCUT2D eigenvalue weighted by atomic mass is 10.2. The first kappa shape index (κ1) is 15.0. The third-order valence-corrected chi connectivity index (χ3v) is 3.21. The van der Waals surface area contributed by atoms with Gasteiger partial charge < -0.3 is 5.32 Å². The molecule has 1 aromatic carbocycles. The molecule has 8 heteroatoms. The number of aromatic nitrogens is 2. The highest BCUT2D eigenvalue weighted by Gasteiger charge is 2.26. The number of anilines is 1. The van der Waals surface area contributed by atoms with Gasteiger partial charge in [-0.05, 0) is 31.5 Å². The van der Waals surface area contributed by atoms with Gasteiger partial charge in [0, 0.05) is 17.3 Å². The van der Waals surface area contributed by atoms with E-state index in [2.05, 4.69) is 10.4 Å². The molecule has 0 aliphatic heterocycles. The highest BCUT2D eigenvalue weighted by Crippen LogP contribution is 2.23. The molecule has 0 radical (unpaired) electrons. The number of carbonyl (C=O) groups is 1. The molecular weight excluding hydrogens is 296 g/mol. The topological polar surface area (TPSA) is 90.1 Å². The fourth-order valence-corrected chi connectivity index (χ4v) is 2.06. The summed E-state index contributed by atoms with van der Waals surface area (Å²) < 4.78 is 1.29. The van der Waals surface area contributed by atoms with Crippen LogP contribution in [0.4, 0.5) is 11.4 Å². The smallest absolute Gasteiger partial charge is 0.320 e. The number of amides is 1. The van der Waals surface area contributed by atoms with E-state index in [0.29, 0.717) is 17.3 Å². The van der Waals surface area contributed by atoms with Crippen molar-refractivity contribution in [2.45, 2.75) is 20.4 Å². The van der Waals surface area contributed by atoms with Gasteiger partial charge in [0.25, 0.3) is 5.91 Å². The van der Waals surface area contributed by atoms with Crippen LogP contribution in [0.2, 0.25) is 5.02 Å². The van der Waals surface area contributed by atoms with Crippen molar-refractivity contribution < 1.29 is 9.72 Å². The van der Waals surface area contributed by atoms with Crippen molar-refractivity contribution in [3.63, 3.8) is 0 Å². The van der Waals surface area contributed by atoms with Gasteiger partial charge in [0.05, 0.1) is 4.92 Å². The Labute approximate surface area is 125 Å². The largest absolute Gasteiger partial charge is 0.320 e. The standard InChI is InChI=1S/C13H13ClN4O3/c1-3-17-12(11(7-15-17)18(20)21)13(19)16-10-6-9(14)5-4-8(10)2/h4-7H,3H2,1-2H3,(H,16,19). The number of aryl methyl sites for hydroxylation is 2. The Kier molecular flexibility index (Phi) is 4.23. The maximum atomic E-state index is 12.3. The number of halogens is 1. The minimum atomic E-state index is -0.626. The summed E-state index contributed by atoms with van der Waals surface area (Å²) in [5.74, 6) is -0.591. The molecule has 0 fully saturated rings. The minimum Gasteiger partial charge on any atom is -0.320 e. The summed E-state index contributed by atoms with van der Waals surface area (Å²) in [6, 6.07) is 5.04. The summed E-state index contributed by atoms with van der Waals surface area (Å²) >= 11 is 5.89. The molecule has 0 saturated carbocycles. The zero-order chi connectivity index (χ0) is 15.6. The van der Waals surface area contributed by atoms with Crippen LogP contribution in [0.5, 0.6) is 0 Å². The zero-order valence-electron chi connectivity index (χ0n) is 11.5. The first-order valence-corrected chi connectivity index (χ1v) is 6.59. The number of carbonyl (C=O) groups excluding carboxylic acids is 1. The van der Waals surface area contributed by atoms with Gasteiger partial charge in [-0.2, -0.15) is 5.10 Å². The average molecular weight is 309 g/mol. The molecule has 0 saturated heterocycles. The molecule has 0 aliphatic rings. The number of nitrogens with one attached hydrogen (secondary N) is 1. The van der Waals surface area contributed by atoms with Crippen molar-refractivity contribution in [2.24, 2.45) is 0 Å². The maximum absolute atomic E-state index is 12.3. The Morgan fingerprint density at radius 1 is 1.52 bits per heavy atom. The molecule has 110 valence electrons.